The van der Waals surface area contributed by atoms with E-state index in [1.165, 1.54) is 17.8 Å². The van der Waals surface area contributed by atoms with E-state index < -0.39 is 29.7 Å². The minimum atomic E-state index is -1.08. The SMILES string of the molecule is C/C=C\C1=C(/C=N)c2cc(cc(C)n2)C(=O)C/C=C2/Nc3ccc(CN4CCN(C(=O)CNCCCCNC(=O)CNc5cccc6c5C(=O)N(C5CCC(=O)NC5=O)C6=O)CC4)cc3N2CC(C)CCCO1. The van der Waals surface area contributed by atoms with Gasteiger partial charge in [0.1, 0.15) is 17.6 Å². The Morgan fingerprint density at radius 1 is 0.945 bits per heavy atom. The molecule has 1 aromatic heterocycles. The summed E-state index contributed by atoms with van der Waals surface area (Å²) in [6, 6.07) is 13.6. The van der Waals surface area contributed by atoms with Gasteiger partial charge in [-0.2, -0.15) is 0 Å². The molecule has 2 atom stereocenters. The van der Waals surface area contributed by atoms with Gasteiger partial charge in [-0.05, 0) is 113 Å². The summed E-state index contributed by atoms with van der Waals surface area (Å²) in [6.45, 7) is 11.8. The average molecular weight is 996 g/mol. The molecule has 0 radical (unpaired) electrons. The molecular weight excluding hydrogens is 931 g/mol. The van der Waals surface area contributed by atoms with Crippen LogP contribution in [0.25, 0.3) is 5.57 Å². The fourth-order valence-electron chi connectivity index (χ4n) is 9.85. The molecule has 73 heavy (non-hydrogen) atoms. The summed E-state index contributed by atoms with van der Waals surface area (Å²) in [5.41, 5.74) is 6.04. The van der Waals surface area contributed by atoms with Crippen LogP contribution in [0.3, 0.4) is 0 Å². The van der Waals surface area contributed by atoms with Gasteiger partial charge >= 0.3 is 0 Å². The van der Waals surface area contributed by atoms with Crippen LogP contribution >= 0.6 is 0 Å². The summed E-state index contributed by atoms with van der Waals surface area (Å²) >= 11 is 0. The predicted molar refractivity (Wildman–Crippen MR) is 277 cm³/mol. The number of fused-ring (bicyclic) bond motifs is 6. The summed E-state index contributed by atoms with van der Waals surface area (Å²) in [5, 5.41) is 23.0. The molecule has 384 valence electrons. The molecule has 5 aliphatic rings. The number of aryl methyl sites for hydroxylation is 1. The molecule has 2 bridgehead atoms. The number of benzene rings is 2. The molecule has 0 saturated carbocycles. The van der Waals surface area contributed by atoms with Crippen molar-refractivity contribution in [3.63, 3.8) is 0 Å². The number of aromatic nitrogens is 1. The van der Waals surface area contributed by atoms with E-state index in [-0.39, 0.29) is 61.1 Å². The van der Waals surface area contributed by atoms with Crippen LogP contribution in [0.1, 0.15) is 107 Å². The molecular formula is C54H65N11O8. The Bertz CT molecular complexity index is 2760. The number of nitrogens with zero attached hydrogens (tertiary/aromatic N) is 5. The standard InChI is InChI=1S/C54H65N11O8/c1-4-9-46-39(29-55)42-28-37(26-35(3)59-42)45(66)16-17-47-60-40-14-13-36(27-44(40)64(47)32-34(2)10-8-25-73-46)33-62-21-23-63(24-22-62)50(69)31-56-19-5-6-20-57-49(68)30-58-41-12-7-11-38-51(41)54(72)65(53(38)71)43-15-18-48(67)61-52(43)70/h4,7,9,11-14,17,26-29,34,43,55-56,58,60H,5-6,8,10,15-16,18-25,30-33H2,1-3H3,(H,57,68)(H,61,67,70)/b9-4-,46-39-,47-17-,55-29?. The maximum atomic E-state index is 13.7. The number of anilines is 3. The van der Waals surface area contributed by atoms with Crippen molar-refractivity contribution in [3.05, 3.63) is 112 Å². The highest BCUT2D eigenvalue weighted by Gasteiger charge is 2.45. The predicted octanol–water partition coefficient (Wildman–Crippen LogP) is 4.76. The smallest absolute Gasteiger partial charge is 0.264 e. The third kappa shape index (κ3) is 12.4. The molecule has 6 amide bonds. The second-order valence-corrected chi connectivity index (χ2v) is 19.1. The number of carbonyl (C=O) groups is 7. The van der Waals surface area contributed by atoms with Crippen molar-refractivity contribution < 1.29 is 38.3 Å². The third-order valence-corrected chi connectivity index (χ3v) is 13.7. The first-order valence-electron chi connectivity index (χ1n) is 25.3. The maximum absolute atomic E-state index is 13.7. The first kappa shape index (κ1) is 51.8. The Morgan fingerprint density at radius 3 is 2.53 bits per heavy atom. The van der Waals surface area contributed by atoms with Crippen molar-refractivity contribution in [2.45, 2.75) is 78.3 Å². The molecule has 6 N–H and O–H groups in total. The van der Waals surface area contributed by atoms with Gasteiger partial charge in [-0.25, -0.2) is 0 Å². The normalized spacial score (nSPS) is 21.4. The van der Waals surface area contributed by atoms with Gasteiger partial charge in [-0.3, -0.25) is 53.7 Å². The number of allylic oxidation sites excluding steroid dienone is 4. The Kier molecular flexibility index (Phi) is 16.9. The summed E-state index contributed by atoms with van der Waals surface area (Å²) in [5.74, 6) is -0.957. The highest BCUT2D eigenvalue weighted by atomic mass is 16.5. The number of hydrogen-bond acceptors (Lipinski definition) is 15. The number of unbranched alkanes of at least 4 members (excludes halogenated alkanes) is 1. The summed E-state index contributed by atoms with van der Waals surface area (Å²) < 4.78 is 6.25. The zero-order valence-electron chi connectivity index (χ0n) is 41.8. The molecule has 6 heterocycles. The van der Waals surface area contributed by atoms with Gasteiger partial charge < -0.3 is 41.2 Å². The van der Waals surface area contributed by atoms with Crippen LogP contribution in [0.15, 0.2) is 78.3 Å². The van der Waals surface area contributed by atoms with Gasteiger partial charge in [0.05, 0.1) is 53.5 Å². The van der Waals surface area contributed by atoms with Crippen LogP contribution in [0.4, 0.5) is 17.1 Å². The number of Topliss-reactive ketones (excluding diaryl/α,β-unsaturated/α-hetero) is 1. The van der Waals surface area contributed by atoms with Crippen molar-refractivity contribution in [3.8, 4) is 0 Å². The second-order valence-electron chi connectivity index (χ2n) is 19.1. The molecule has 0 spiro atoms. The van der Waals surface area contributed by atoms with Gasteiger partial charge in [0, 0.05) is 81.8 Å². The summed E-state index contributed by atoms with van der Waals surface area (Å²) in [7, 11) is 0. The average Bonchev–Trinajstić information content (AvgIpc) is 3.84. The van der Waals surface area contributed by atoms with Gasteiger partial charge in [-0.1, -0.05) is 25.1 Å². The molecule has 8 rings (SSSR count). The van der Waals surface area contributed by atoms with Crippen molar-refractivity contribution in [2.24, 2.45) is 5.92 Å². The largest absolute Gasteiger partial charge is 0.493 e. The first-order valence-corrected chi connectivity index (χ1v) is 25.3. The van der Waals surface area contributed by atoms with Crippen LogP contribution in [-0.2, 0) is 30.5 Å². The molecule has 0 aliphatic carbocycles. The number of piperazine rings is 1. The Labute approximate surface area is 425 Å². The fraction of sp³-hybridized carbons (Fsp3) is 0.426. The Morgan fingerprint density at radius 2 is 1.75 bits per heavy atom. The van der Waals surface area contributed by atoms with Crippen LogP contribution in [0.2, 0.25) is 0 Å². The van der Waals surface area contributed by atoms with Crippen LogP contribution in [-0.4, -0.2) is 139 Å². The van der Waals surface area contributed by atoms with E-state index in [1.807, 2.05) is 37.0 Å². The number of nitrogens with one attached hydrogen (secondary N) is 6. The zero-order chi connectivity index (χ0) is 51.6. The third-order valence-electron chi connectivity index (χ3n) is 13.7. The maximum Gasteiger partial charge on any atom is 0.264 e. The van der Waals surface area contributed by atoms with E-state index in [0.29, 0.717) is 79.1 Å². The van der Waals surface area contributed by atoms with Crippen molar-refractivity contribution >= 4 is 70.1 Å². The van der Waals surface area contributed by atoms with Gasteiger partial charge in [0.15, 0.2) is 5.78 Å². The van der Waals surface area contributed by atoms with E-state index in [9.17, 15) is 33.6 Å². The van der Waals surface area contributed by atoms with Gasteiger partial charge in [0.25, 0.3) is 11.8 Å². The lowest BCUT2D eigenvalue weighted by molar-refractivity contribution is -0.136. The molecule has 19 nitrogen and oxygen atoms in total. The molecule has 2 unspecified atom stereocenters. The number of hydrogen-bond donors (Lipinski definition) is 6. The Hall–Kier alpha value is -7.51. The first-order chi connectivity index (χ1) is 35.3. The summed E-state index contributed by atoms with van der Waals surface area (Å²) in [6.07, 6.45) is 10.4. The van der Waals surface area contributed by atoms with E-state index >= 15 is 0 Å². The monoisotopic (exact) mass is 996 g/mol. The zero-order valence-corrected chi connectivity index (χ0v) is 41.8. The van der Waals surface area contributed by atoms with E-state index in [1.54, 1.807) is 24.3 Å². The van der Waals surface area contributed by atoms with E-state index in [4.69, 9.17) is 10.1 Å². The molecule has 3 aromatic rings. The number of imide groups is 2. The number of pyridine rings is 1. The fourth-order valence-corrected chi connectivity index (χ4v) is 9.85. The Balaban J connectivity index is 0.759. The van der Waals surface area contributed by atoms with Crippen molar-refractivity contribution in [1.82, 2.24) is 35.6 Å². The minimum absolute atomic E-state index is 0.0215. The van der Waals surface area contributed by atoms with Crippen LogP contribution < -0.4 is 31.5 Å². The molecule has 5 aliphatic heterocycles. The lowest BCUT2D eigenvalue weighted by Crippen LogP contribution is -2.54. The molecule has 2 aromatic carbocycles. The summed E-state index contributed by atoms with van der Waals surface area (Å²) in [4.78, 5) is 102. The number of carbonyl (C=O) groups excluding carboxylic acids is 7. The van der Waals surface area contributed by atoms with Gasteiger partial charge in [-0.15, -0.1) is 0 Å². The highest BCUT2D eigenvalue weighted by molar-refractivity contribution is 6.25. The molecule has 2 saturated heterocycles. The minimum Gasteiger partial charge on any atom is -0.493 e. The quantitative estimate of drug-likeness (QED) is 0.0684. The van der Waals surface area contributed by atoms with E-state index in [0.717, 1.165) is 67.5 Å². The number of piperidine rings is 1. The number of ether oxygens (including phenoxy) is 1. The van der Waals surface area contributed by atoms with E-state index in [2.05, 4.69) is 66.5 Å². The molecule has 2 fully saturated rings. The number of rotatable bonds is 15. The highest BCUT2D eigenvalue weighted by Crippen LogP contribution is 2.39. The van der Waals surface area contributed by atoms with Crippen LogP contribution in [0.5, 0.6) is 0 Å². The number of ketones is 1. The van der Waals surface area contributed by atoms with Crippen LogP contribution in [0, 0.1) is 18.3 Å². The van der Waals surface area contributed by atoms with Gasteiger partial charge in [0.2, 0.25) is 23.6 Å². The molecule has 19 heteroatoms. The van der Waals surface area contributed by atoms with Crippen molar-refractivity contribution in [2.75, 3.05) is 81.0 Å². The lowest BCUT2D eigenvalue weighted by Gasteiger charge is -2.35. The van der Waals surface area contributed by atoms with Crippen molar-refractivity contribution in [1.29, 1.82) is 5.41 Å². The second kappa shape index (κ2) is 23.8. The lowest BCUT2D eigenvalue weighted by atomic mass is 10.0. The topological polar surface area (TPSA) is 239 Å². The number of amides is 6.